The molecule has 41 heavy (non-hydrogen) atoms. The van der Waals surface area contributed by atoms with E-state index in [9.17, 15) is 11.4 Å². The number of H-pyrrole nitrogens is 1. The molecule has 1 atom stereocenters. The molecule has 7 rings (SSSR count). The van der Waals surface area contributed by atoms with E-state index in [1.165, 1.54) is 0 Å². The van der Waals surface area contributed by atoms with Crippen LogP contribution in [-0.2, 0) is 16.0 Å². The van der Waals surface area contributed by atoms with Crippen LogP contribution in [0.3, 0.4) is 0 Å². The molecule has 4 aromatic rings. The maximum absolute atomic E-state index is 13.0. The summed E-state index contributed by atoms with van der Waals surface area (Å²) in [6.45, 7) is 2.36. The van der Waals surface area contributed by atoms with Gasteiger partial charge in [0, 0.05) is 55.6 Å². The third-order valence-electron chi connectivity index (χ3n) is 8.80. The number of carbonyl (C=O) groups is 1. The first-order valence-electron chi connectivity index (χ1n) is 14.9. The van der Waals surface area contributed by atoms with E-state index in [4.69, 9.17) is 14.5 Å². The highest BCUT2D eigenvalue weighted by atomic mass is 16.5. The number of aromatic nitrogens is 5. The largest absolute Gasteiger partial charge is 0.494 e. The zero-order valence-electron chi connectivity index (χ0n) is 24.1. The molecule has 10 nitrogen and oxygen atoms in total. The first-order valence-corrected chi connectivity index (χ1v) is 14.4. The molecular formula is C31H33N7O3. The zero-order chi connectivity index (χ0) is 28.8. The molecule has 1 aliphatic carbocycles. The fourth-order valence-electron chi connectivity index (χ4n) is 6.52. The Kier molecular flexibility index (Phi) is 6.37. The number of hydrogen-bond acceptors (Lipinski definition) is 7. The van der Waals surface area contributed by atoms with E-state index in [0.29, 0.717) is 61.8 Å². The quantitative estimate of drug-likeness (QED) is 0.383. The van der Waals surface area contributed by atoms with Gasteiger partial charge in [-0.15, -0.1) is 0 Å². The summed E-state index contributed by atoms with van der Waals surface area (Å²) in [5, 5.41) is 21.9. The summed E-state index contributed by atoms with van der Waals surface area (Å²) in [4.78, 5) is 20.0. The SMILES string of the molecule is [2H]C1(n2cc(-c3n[nH]c4cc(OC)c(-c5cccc6c5CCC6C#N)nc34)cn2)CCN(C(=O)C2CCOCC2)CC1. The number of aromatic amines is 1. The molecule has 0 saturated carbocycles. The van der Waals surface area contributed by atoms with Crippen molar-refractivity contribution in [1.82, 2.24) is 29.9 Å². The maximum atomic E-state index is 13.0. The van der Waals surface area contributed by atoms with Crippen LogP contribution >= 0.6 is 0 Å². The molecule has 1 amide bonds. The van der Waals surface area contributed by atoms with E-state index in [1.807, 2.05) is 35.4 Å². The lowest BCUT2D eigenvalue weighted by atomic mass is 9.96. The molecule has 210 valence electrons. The maximum Gasteiger partial charge on any atom is 0.225 e. The van der Waals surface area contributed by atoms with Crippen molar-refractivity contribution in [3.8, 4) is 34.3 Å². The van der Waals surface area contributed by atoms with Crippen molar-refractivity contribution in [1.29, 1.82) is 5.26 Å². The van der Waals surface area contributed by atoms with Gasteiger partial charge in [0.25, 0.3) is 0 Å². The lowest BCUT2D eigenvalue weighted by molar-refractivity contribution is -0.139. The van der Waals surface area contributed by atoms with Crippen LogP contribution in [0.1, 0.15) is 56.5 Å². The number of amides is 1. The number of carbonyl (C=O) groups excluding carboxylic acids is 1. The molecule has 0 bridgehead atoms. The van der Waals surface area contributed by atoms with Crippen LogP contribution in [0.4, 0.5) is 0 Å². The molecule has 2 saturated heterocycles. The van der Waals surface area contributed by atoms with Gasteiger partial charge in [0.2, 0.25) is 5.91 Å². The summed E-state index contributed by atoms with van der Waals surface area (Å²) >= 11 is 0. The fraction of sp³-hybridized carbons (Fsp3) is 0.452. The predicted octanol–water partition coefficient (Wildman–Crippen LogP) is 4.64. The number of hydrogen-bond donors (Lipinski definition) is 1. The van der Waals surface area contributed by atoms with Gasteiger partial charge in [-0.25, -0.2) is 4.98 Å². The van der Waals surface area contributed by atoms with E-state index >= 15 is 0 Å². The Bertz CT molecular complexity index is 1690. The third kappa shape index (κ3) is 4.54. The van der Waals surface area contributed by atoms with Crippen molar-refractivity contribution in [2.75, 3.05) is 33.4 Å². The van der Waals surface area contributed by atoms with Gasteiger partial charge < -0.3 is 14.4 Å². The molecule has 0 radical (unpaired) electrons. The minimum atomic E-state index is -0.944. The van der Waals surface area contributed by atoms with Crippen molar-refractivity contribution < 1.29 is 15.6 Å². The second-order valence-electron chi connectivity index (χ2n) is 11.1. The Morgan fingerprint density at radius 3 is 2.80 bits per heavy atom. The van der Waals surface area contributed by atoms with Crippen LogP contribution in [0, 0.1) is 17.2 Å². The molecule has 3 aliphatic rings. The standard InChI is InChI=1S/C31H33N7O3/c1-40-27-15-26-30(34-29(27)25-4-2-3-23-20(16-32)5-6-24(23)25)28(36-35-26)21-17-33-38(18-21)22-7-11-37(12-8-22)31(39)19-9-13-41-14-10-19/h2-4,15,17-20,22H,5-14H2,1H3,(H,35,36)/i22D. The Balaban J connectivity index is 1.17. The first-order chi connectivity index (χ1) is 20.5. The summed E-state index contributed by atoms with van der Waals surface area (Å²) in [6, 6.07) is 9.44. The van der Waals surface area contributed by atoms with E-state index in [0.717, 1.165) is 53.5 Å². The summed E-state index contributed by atoms with van der Waals surface area (Å²) in [5.74, 6) is 0.749. The molecule has 1 N–H and O–H groups in total. The number of pyridine rings is 1. The molecular weight excluding hydrogens is 518 g/mol. The van der Waals surface area contributed by atoms with E-state index in [-0.39, 0.29) is 17.7 Å². The number of nitrogens with zero attached hydrogens (tertiary/aromatic N) is 6. The Morgan fingerprint density at radius 1 is 1.20 bits per heavy atom. The van der Waals surface area contributed by atoms with Gasteiger partial charge in [0.1, 0.15) is 22.7 Å². The monoisotopic (exact) mass is 552 g/mol. The smallest absolute Gasteiger partial charge is 0.225 e. The van der Waals surface area contributed by atoms with Crippen molar-refractivity contribution in [2.24, 2.45) is 5.92 Å². The molecule has 1 aromatic carbocycles. The van der Waals surface area contributed by atoms with Gasteiger partial charge in [0.15, 0.2) is 0 Å². The van der Waals surface area contributed by atoms with Crippen molar-refractivity contribution in [3.05, 3.63) is 47.8 Å². The van der Waals surface area contributed by atoms with Gasteiger partial charge >= 0.3 is 0 Å². The number of fused-ring (bicyclic) bond motifs is 2. The van der Waals surface area contributed by atoms with Crippen molar-refractivity contribution in [3.63, 3.8) is 0 Å². The molecule has 3 aromatic heterocycles. The van der Waals surface area contributed by atoms with Gasteiger partial charge in [-0.3, -0.25) is 14.6 Å². The first kappa shape index (κ1) is 24.6. The molecule has 1 unspecified atom stereocenters. The highest BCUT2D eigenvalue weighted by molar-refractivity contribution is 5.93. The fourth-order valence-corrected chi connectivity index (χ4v) is 6.52. The van der Waals surface area contributed by atoms with Crippen molar-refractivity contribution in [2.45, 2.75) is 50.5 Å². The summed E-state index contributed by atoms with van der Waals surface area (Å²) in [7, 11) is 1.63. The summed E-state index contributed by atoms with van der Waals surface area (Å²) in [6.07, 6.45) is 7.78. The van der Waals surface area contributed by atoms with Crippen LogP contribution in [-0.4, -0.2) is 69.2 Å². The number of rotatable bonds is 5. The van der Waals surface area contributed by atoms with Crippen molar-refractivity contribution >= 4 is 16.9 Å². The zero-order valence-corrected chi connectivity index (χ0v) is 23.1. The highest BCUT2D eigenvalue weighted by Gasteiger charge is 2.31. The average molecular weight is 553 g/mol. The normalized spacial score (nSPS) is 20.9. The highest BCUT2D eigenvalue weighted by Crippen LogP contribution is 2.42. The number of benzene rings is 1. The van der Waals surface area contributed by atoms with Gasteiger partial charge in [0.05, 0.1) is 38.2 Å². The number of likely N-dealkylation sites (tertiary alicyclic amines) is 1. The minimum absolute atomic E-state index is 0.0296. The van der Waals surface area contributed by atoms with E-state index in [2.05, 4.69) is 21.4 Å². The number of methoxy groups -OCH3 is 1. The average Bonchev–Trinajstić information content (AvgIpc) is 3.79. The molecule has 5 heterocycles. The lowest BCUT2D eigenvalue weighted by Crippen LogP contribution is -2.43. The van der Waals surface area contributed by atoms with Crippen LogP contribution in [0.5, 0.6) is 5.75 Å². The van der Waals surface area contributed by atoms with Gasteiger partial charge in [-0.1, -0.05) is 18.2 Å². The Labute approximate surface area is 239 Å². The van der Waals surface area contributed by atoms with Crippen LogP contribution in [0.15, 0.2) is 36.7 Å². The summed E-state index contributed by atoms with van der Waals surface area (Å²) in [5.41, 5.74) is 6.74. The van der Waals surface area contributed by atoms with Crippen LogP contribution < -0.4 is 4.74 Å². The third-order valence-corrected chi connectivity index (χ3v) is 8.80. The van der Waals surface area contributed by atoms with Gasteiger partial charge in [-0.2, -0.15) is 15.5 Å². The second-order valence-corrected chi connectivity index (χ2v) is 11.1. The second kappa shape index (κ2) is 10.6. The molecule has 2 fully saturated rings. The lowest BCUT2D eigenvalue weighted by Gasteiger charge is -2.35. The molecule has 0 spiro atoms. The number of nitriles is 1. The van der Waals surface area contributed by atoms with Gasteiger partial charge in [-0.05, 0) is 49.7 Å². The number of ether oxygens (including phenoxy) is 2. The number of piperidine rings is 1. The Morgan fingerprint density at radius 2 is 2.02 bits per heavy atom. The van der Waals surface area contributed by atoms with E-state index in [1.54, 1.807) is 18.0 Å². The summed E-state index contributed by atoms with van der Waals surface area (Å²) < 4.78 is 22.1. The Hall–Kier alpha value is -4.23. The topological polar surface area (TPSA) is 122 Å². The van der Waals surface area contributed by atoms with E-state index < -0.39 is 6.02 Å². The van der Waals surface area contributed by atoms with Crippen LogP contribution in [0.25, 0.3) is 33.5 Å². The molecule has 2 aliphatic heterocycles. The number of nitrogens with one attached hydrogen (secondary N) is 1. The van der Waals surface area contributed by atoms with Crippen LogP contribution in [0.2, 0.25) is 0 Å². The molecule has 10 heteroatoms. The minimum Gasteiger partial charge on any atom is -0.494 e. The predicted molar refractivity (Wildman–Crippen MR) is 152 cm³/mol.